The van der Waals surface area contributed by atoms with E-state index in [4.69, 9.17) is 10.5 Å². The van der Waals surface area contributed by atoms with Gasteiger partial charge >= 0.3 is 6.09 Å². The fraction of sp³-hybridized carbons (Fsp3) is 0.211. The molecule has 0 fully saturated rings. The van der Waals surface area contributed by atoms with Crippen molar-refractivity contribution in [1.82, 2.24) is 14.8 Å². The smallest absolute Gasteiger partial charge is 0.413 e. The Morgan fingerprint density at radius 2 is 1.96 bits per heavy atom. The Balaban J connectivity index is 1.78. The van der Waals surface area contributed by atoms with Crippen LogP contribution in [0, 0.1) is 6.92 Å². The number of benzene rings is 1. The second-order valence-corrected chi connectivity index (χ2v) is 5.98. The van der Waals surface area contributed by atoms with E-state index in [0.29, 0.717) is 22.8 Å². The van der Waals surface area contributed by atoms with Crippen molar-refractivity contribution in [3.63, 3.8) is 0 Å². The van der Waals surface area contributed by atoms with Crippen molar-refractivity contribution in [2.45, 2.75) is 20.0 Å². The van der Waals surface area contributed by atoms with Crippen molar-refractivity contribution >= 4 is 17.6 Å². The number of amides is 1. The number of pyridine rings is 1. The van der Waals surface area contributed by atoms with Crippen LogP contribution in [0.15, 0.2) is 48.7 Å². The molecule has 2 heterocycles. The highest BCUT2D eigenvalue weighted by molar-refractivity contribution is 5.89. The summed E-state index contributed by atoms with van der Waals surface area (Å²) in [6, 6.07) is 13.1. The second-order valence-electron chi connectivity index (χ2n) is 5.98. The number of aryl methyl sites for hydroxylation is 2. The lowest BCUT2D eigenvalue weighted by atomic mass is 10.1. The summed E-state index contributed by atoms with van der Waals surface area (Å²) in [5.74, 6) is 0.506. The second kappa shape index (κ2) is 7.26. The van der Waals surface area contributed by atoms with E-state index < -0.39 is 6.09 Å². The quantitative estimate of drug-likeness (QED) is 0.747. The van der Waals surface area contributed by atoms with Crippen LogP contribution in [-0.4, -0.2) is 20.9 Å². The van der Waals surface area contributed by atoms with Gasteiger partial charge in [-0.05, 0) is 31.5 Å². The number of hydrogen-bond donors (Lipinski definition) is 2. The van der Waals surface area contributed by atoms with Crippen LogP contribution in [0.3, 0.4) is 0 Å². The summed E-state index contributed by atoms with van der Waals surface area (Å²) in [7, 11) is 1.74. The number of rotatable bonds is 4. The SMILES string of the molecule is Cc1nc(-c2cnn(C)c2NC(=O)OC(C)c2ccccc2)ccc1N. The zero-order valence-corrected chi connectivity index (χ0v) is 14.9. The standard InChI is InChI=1S/C19H21N5O2/c1-12-16(20)9-10-17(22-12)15-11-21-24(3)18(15)23-19(25)26-13(2)14-7-5-4-6-8-14/h4-11,13H,20H2,1-3H3,(H,23,25). The van der Waals surface area contributed by atoms with Crippen LogP contribution in [0.5, 0.6) is 0 Å². The molecular weight excluding hydrogens is 330 g/mol. The number of carbonyl (C=O) groups is 1. The van der Waals surface area contributed by atoms with Crippen molar-refractivity contribution in [3.8, 4) is 11.3 Å². The Labute approximate surface area is 151 Å². The molecule has 0 saturated heterocycles. The van der Waals surface area contributed by atoms with Gasteiger partial charge in [0.25, 0.3) is 0 Å². The van der Waals surface area contributed by atoms with Gasteiger partial charge in [-0.15, -0.1) is 0 Å². The fourth-order valence-electron chi connectivity index (χ4n) is 2.57. The topological polar surface area (TPSA) is 95.1 Å². The molecule has 7 nitrogen and oxygen atoms in total. The van der Waals surface area contributed by atoms with Gasteiger partial charge in [-0.25, -0.2) is 4.79 Å². The minimum Gasteiger partial charge on any atom is -0.441 e. The molecule has 0 radical (unpaired) electrons. The number of nitrogen functional groups attached to an aromatic ring is 1. The van der Waals surface area contributed by atoms with Crippen molar-refractivity contribution in [1.29, 1.82) is 0 Å². The Bertz CT molecular complexity index is 921. The van der Waals surface area contributed by atoms with Gasteiger partial charge in [0.05, 0.1) is 28.8 Å². The summed E-state index contributed by atoms with van der Waals surface area (Å²) in [4.78, 5) is 16.8. The third kappa shape index (κ3) is 3.66. The molecule has 1 aromatic carbocycles. The zero-order valence-electron chi connectivity index (χ0n) is 14.9. The number of nitrogens with one attached hydrogen (secondary N) is 1. The number of nitrogens with two attached hydrogens (primary N) is 1. The highest BCUT2D eigenvalue weighted by atomic mass is 16.6. The van der Waals surface area contributed by atoms with Crippen molar-refractivity contribution in [2.24, 2.45) is 7.05 Å². The maximum Gasteiger partial charge on any atom is 0.413 e. The van der Waals surface area contributed by atoms with Gasteiger partial charge in [0.2, 0.25) is 0 Å². The summed E-state index contributed by atoms with van der Waals surface area (Å²) >= 11 is 0. The van der Waals surface area contributed by atoms with Gasteiger partial charge in [-0.3, -0.25) is 15.0 Å². The predicted octanol–water partition coefficient (Wildman–Crippen LogP) is 3.68. The zero-order chi connectivity index (χ0) is 18.7. The Morgan fingerprint density at radius 3 is 2.65 bits per heavy atom. The monoisotopic (exact) mass is 351 g/mol. The first kappa shape index (κ1) is 17.5. The third-order valence-electron chi connectivity index (χ3n) is 4.11. The van der Waals surface area contributed by atoms with E-state index in [1.807, 2.05) is 44.2 Å². The number of nitrogens with zero attached hydrogens (tertiary/aromatic N) is 3. The number of hydrogen-bond acceptors (Lipinski definition) is 5. The average molecular weight is 351 g/mol. The van der Waals surface area contributed by atoms with Crippen LogP contribution in [0.1, 0.15) is 24.3 Å². The summed E-state index contributed by atoms with van der Waals surface area (Å²) in [6.45, 7) is 3.65. The molecule has 0 bridgehead atoms. The molecule has 3 rings (SSSR count). The lowest BCUT2D eigenvalue weighted by Gasteiger charge is -2.15. The Kier molecular flexibility index (Phi) is 4.88. The first-order valence-corrected chi connectivity index (χ1v) is 8.23. The lowest BCUT2D eigenvalue weighted by molar-refractivity contribution is 0.121. The molecule has 1 unspecified atom stereocenters. The summed E-state index contributed by atoms with van der Waals surface area (Å²) in [5, 5.41) is 6.97. The Morgan fingerprint density at radius 1 is 1.23 bits per heavy atom. The van der Waals surface area contributed by atoms with E-state index in [-0.39, 0.29) is 6.10 Å². The van der Waals surface area contributed by atoms with Gasteiger partial charge in [-0.2, -0.15) is 5.10 Å². The maximum atomic E-state index is 12.3. The molecule has 1 atom stereocenters. The van der Waals surface area contributed by atoms with Gasteiger partial charge in [0, 0.05) is 7.05 Å². The fourth-order valence-corrected chi connectivity index (χ4v) is 2.57. The third-order valence-corrected chi connectivity index (χ3v) is 4.11. The largest absolute Gasteiger partial charge is 0.441 e. The van der Waals surface area contributed by atoms with Crippen LogP contribution in [0.2, 0.25) is 0 Å². The molecule has 0 saturated carbocycles. The van der Waals surface area contributed by atoms with Gasteiger partial charge in [-0.1, -0.05) is 30.3 Å². The number of carbonyl (C=O) groups excluding carboxylic acids is 1. The van der Waals surface area contributed by atoms with Crippen LogP contribution >= 0.6 is 0 Å². The minimum absolute atomic E-state index is 0.371. The summed E-state index contributed by atoms with van der Waals surface area (Å²) < 4.78 is 7.03. The molecule has 0 aliphatic carbocycles. The first-order chi connectivity index (χ1) is 12.5. The molecule has 0 spiro atoms. The number of anilines is 2. The van der Waals surface area contributed by atoms with Crippen LogP contribution in [0.4, 0.5) is 16.3 Å². The van der Waals surface area contributed by atoms with E-state index in [9.17, 15) is 4.79 Å². The predicted molar refractivity (Wildman–Crippen MR) is 101 cm³/mol. The van der Waals surface area contributed by atoms with E-state index >= 15 is 0 Å². The number of ether oxygens (including phenoxy) is 1. The molecule has 26 heavy (non-hydrogen) atoms. The highest BCUT2D eigenvalue weighted by Gasteiger charge is 2.18. The first-order valence-electron chi connectivity index (χ1n) is 8.23. The van der Waals surface area contributed by atoms with E-state index in [2.05, 4.69) is 15.4 Å². The average Bonchev–Trinajstić information content (AvgIpc) is 2.98. The van der Waals surface area contributed by atoms with E-state index in [1.165, 1.54) is 0 Å². The van der Waals surface area contributed by atoms with E-state index in [0.717, 1.165) is 11.3 Å². The summed E-state index contributed by atoms with van der Waals surface area (Å²) in [5.41, 5.74) is 9.45. The molecule has 0 aliphatic heterocycles. The van der Waals surface area contributed by atoms with Crippen molar-refractivity contribution < 1.29 is 9.53 Å². The van der Waals surface area contributed by atoms with Gasteiger partial charge in [0.1, 0.15) is 11.9 Å². The van der Waals surface area contributed by atoms with Crippen molar-refractivity contribution in [2.75, 3.05) is 11.1 Å². The van der Waals surface area contributed by atoms with Crippen LogP contribution in [-0.2, 0) is 11.8 Å². The molecule has 7 heteroatoms. The van der Waals surface area contributed by atoms with Gasteiger partial charge < -0.3 is 10.5 Å². The number of aromatic nitrogens is 3. The van der Waals surface area contributed by atoms with Crippen molar-refractivity contribution in [3.05, 3.63) is 59.9 Å². The molecule has 0 aliphatic rings. The molecule has 1 amide bonds. The lowest BCUT2D eigenvalue weighted by Crippen LogP contribution is -2.18. The van der Waals surface area contributed by atoms with Crippen LogP contribution < -0.4 is 11.1 Å². The molecule has 134 valence electrons. The molecule has 3 aromatic rings. The molecule has 2 aromatic heterocycles. The normalized spacial score (nSPS) is 11.8. The summed E-state index contributed by atoms with van der Waals surface area (Å²) in [6.07, 6.45) is 0.719. The highest BCUT2D eigenvalue weighted by Crippen LogP contribution is 2.28. The van der Waals surface area contributed by atoms with E-state index in [1.54, 1.807) is 30.1 Å². The van der Waals surface area contributed by atoms with Gasteiger partial charge in [0.15, 0.2) is 0 Å². The molecule has 3 N–H and O–H groups in total. The van der Waals surface area contributed by atoms with Crippen LogP contribution in [0.25, 0.3) is 11.3 Å². The minimum atomic E-state index is -0.557. The molecular formula is C19H21N5O2. The Hall–Kier alpha value is -3.35. The maximum absolute atomic E-state index is 12.3.